The maximum Gasteiger partial charge on any atom is 0.441 e. The van der Waals surface area contributed by atoms with Crippen molar-refractivity contribution in [3.8, 4) is 0 Å². The average Bonchev–Trinajstić information content (AvgIpc) is 2.23. The first-order valence-corrected chi connectivity index (χ1v) is 6.95. The molecule has 0 heterocycles. The van der Waals surface area contributed by atoms with Crippen LogP contribution in [0.2, 0.25) is 0 Å². The maximum atomic E-state index is 11.9. The van der Waals surface area contributed by atoms with Crippen LogP contribution in [0.1, 0.15) is 39.0 Å². The van der Waals surface area contributed by atoms with Crippen molar-refractivity contribution in [3.63, 3.8) is 0 Å². The fraction of sp³-hybridized carbons (Fsp3) is 1.00. The number of halogens is 3. The van der Waals surface area contributed by atoms with Gasteiger partial charge < -0.3 is 5.32 Å². The minimum absolute atomic E-state index is 0.0685. The summed E-state index contributed by atoms with van der Waals surface area (Å²) >= 11 is 0.0685. The molecule has 0 saturated heterocycles. The van der Waals surface area contributed by atoms with Crippen LogP contribution in [-0.2, 0) is 0 Å². The average molecular weight is 255 g/mol. The first-order chi connectivity index (χ1) is 7.53. The molecule has 1 nitrogen and oxygen atoms in total. The molecule has 0 radical (unpaired) electrons. The van der Waals surface area contributed by atoms with Crippen molar-refractivity contribution in [3.05, 3.63) is 0 Å². The Morgan fingerprint density at radius 2 is 1.94 bits per heavy atom. The minimum atomic E-state index is -4.08. The highest BCUT2D eigenvalue weighted by Crippen LogP contribution is 2.30. The minimum Gasteiger partial charge on any atom is -0.313 e. The number of alkyl halides is 3. The van der Waals surface area contributed by atoms with E-state index in [9.17, 15) is 13.2 Å². The van der Waals surface area contributed by atoms with Crippen LogP contribution in [0.3, 0.4) is 0 Å². The molecule has 0 amide bonds. The first-order valence-electron chi connectivity index (χ1n) is 5.97. The molecule has 1 aliphatic rings. The highest BCUT2D eigenvalue weighted by atomic mass is 32.2. The fourth-order valence-corrected chi connectivity index (χ4v) is 2.83. The van der Waals surface area contributed by atoms with E-state index in [-0.39, 0.29) is 17.5 Å². The summed E-state index contributed by atoms with van der Waals surface area (Å²) in [7, 11) is 0. The Morgan fingerprint density at radius 3 is 2.56 bits per heavy atom. The zero-order valence-electron chi connectivity index (χ0n) is 9.65. The summed E-state index contributed by atoms with van der Waals surface area (Å²) in [4.78, 5) is 0. The van der Waals surface area contributed by atoms with Crippen LogP contribution in [0.4, 0.5) is 13.2 Å². The van der Waals surface area contributed by atoms with Crippen LogP contribution in [0, 0.1) is 5.92 Å². The predicted molar refractivity (Wildman–Crippen MR) is 62.6 cm³/mol. The van der Waals surface area contributed by atoms with Crippen molar-refractivity contribution < 1.29 is 13.2 Å². The molecular formula is C11H20F3NS. The summed E-state index contributed by atoms with van der Waals surface area (Å²) in [6.07, 6.45) is 5.95. The summed E-state index contributed by atoms with van der Waals surface area (Å²) in [5, 5.41) is 3.27. The van der Waals surface area contributed by atoms with E-state index in [1.165, 1.54) is 19.3 Å². The Morgan fingerprint density at radius 1 is 1.25 bits per heavy atom. The number of hydrogen-bond acceptors (Lipinski definition) is 2. The zero-order valence-corrected chi connectivity index (χ0v) is 10.5. The molecule has 2 unspecified atom stereocenters. The first kappa shape index (κ1) is 14.2. The summed E-state index contributed by atoms with van der Waals surface area (Å²) in [5.74, 6) is 0.779. The van der Waals surface area contributed by atoms with Crippen LogP contribution in [-0.4, -0.2) is 23.8 Å². The van der Waals surface area contributed by atoms with Gasteiger partial charge in [-0.15, -0.1) is 0 Å². The van der Waals surface area contributed by atoms with Gasteiger partial charge in [-0.2, -0.15) is 13.2 Å². The van der Waals surface area contributed by atoms with Gasteiger partial charge in [-0.3, -0.25) is 0 Å². The fourth-order valence-electron chi connectivity index (χ4n) is 2.38. The Balaban J connectivity index is 2.15. The van der Waals surface area contributed by atoms with Gasteiger partial charge in [0.25, 0.3) is 0 Å². The normalized spacial score (nSPS) is 27.0. The van der Waals surface area contributed by atoms with E-state index in [0.717, 1.165) is 12.8 Å². The molecule has 5 heteroatoms. The molecule has 1 aliphatic carbocycles. The van der Waals surface area contributed by atoms with E-state index in [1.54, 1.807) is 0 Å². The molecule has 0 bridgehead atoms. The molecule has 0 aromatic rings. The standard InChI is InChI=1S/C11H20F3NS/c1-2-9-5-3-4-6-10(9)15-7-8-16-11(12,13)14/h9-10,15H,2-8H2,1H3. The topological polar surface area (TPSA) is 12.0 Å². The second kappa shape index (κ2) is 6.74. The van der Waals surface area contributed by atoms with Gasteiger partial charge in [-0.05, 0) is 30.5 Å². The molecular weight excluding hydrogens is 235 g/mol. The van der Waals surface area contributed by atoms with Gasteiger partial charge in [-0.25, -0.2) is 0 Å². The van der Waals surface area contributed by atoms with Crippen LogP contribution in [0.5, 0.6) is 0 Å². The van der Waals surface area contributed by atoms with Crippen molar-refractivity contribution in [1.82, 2.24) is 5.32 Å². The van der Waals surface area contributed by atoms with Crippen molar-refractivity contribution >= 4 is 11.8 Å². The highest BCUT2D eigenvalue weighted by molar-refractivity contribution is 8.00. The number of thioether (sulfide) groups is 1. The zero-order chi connectivity index (χ0) is 12.0. The van der Waals surface area contributed by atoms with Gasteiger partial charge in [0.1, 0.15) is 0 Å². The number of hydrogen-bond donors (Lipinski definition) is 1. The molecule has 0 aliphatic heterocycles. The van der Waals surface area contributed by atoms with Crippen molar-refractivity contribution in [2.45, 2.75) is 50.6 Å². The molecule has 1 fully saturated rings. The lowest BCUT2D eigenvalue weighted by Crippen LogP contribution is -2.39. The summed E-state index contributed by atoms with van der Waals surface area (Å²) in [5.41, 5.74) is -4.08. The Labute approximate surface area is 99.6 Å². The van der Waals surface area contributed by atoms with Gasteiger partial charge in [0.2, 0.25) is 0 Å². The van der Waals surface area contributed by atoms with Gasteiger partial charge in [-0.1, -0.05) is 26.2 Å². The van der Waals surface area contributed by atoms with Gasteiger partial charge >= 0.3 is 5.51 Å². The van der Waals surface area contributed by atoms with E-state index >= 15 is 0 Å². The van der Waals surface area contributed by atoms with E-state index in [1.807, 2.05) is 0 Å². The molecule has 1 N–H and O–H groups in total. The van der Waals surface area contributed by atoms with Crippen LogP contribution < -0.4 is 5.32 Å². The summed E-state index contributed by atoms with van der Waals surface area (Å²) < 4.78 is 35.7. The molecule has 96 valence electrons. The largest absolute Gasteiger partial charge is 0.441 e. The number of nitrogens with one attached hydrogen (secondary N) is 1. The van der Waals surface area contributed by atoms with E-state index in [4.69, 9.17) is 0 Å². The Hall–Kier alpha value is 0.100. The van der Waals surface area contributed by atoms with E-state index in [2.05, 4.69) is 12.2 Å². The number of rotatable bonds is 5. The highest BCUT2D eigenvalue weighted by Gasteiger charge is 2.28. The molecule has 0 aromatic carbocycles. The van der Waals surface area contributed by atoms with Crippen LogP contribution in [0.25, 0.3) is 0 Å². The SMILES string of the molecule is CCC1CCCCC1NCCSC(F)(F)F. The lowest BCUT2D eigenvalue weighted by molar-refractivity contribution is -0.0327. The molecule has 16 heavy (non-hydrogen) atoms. The molecule has 1 saturated carbocycles. The summed E-state index contributed by atoms with van der Waals surface area (Å²) in [6.45, 7) is 2.63. The van der Waals surface area contributed by atoms with E-state index in [0.29, 0.717) is 18.5 Å². The third kappa shape index (κ3) is 5.43. The second-order valence-electron chi connectivity index (χ2n) is 4.31. The van der Waals surface area contributed by atoms with Crippen molar-refractivity contribution in [1.29, 1.82) is 0 Å². The monoisotopic (exact) mass is 255 g/mol. The lowest BCUT2D eigenvalue weighted by Gasteiger charge is -2.31. The van der Waals surface area contributed by atoms with Crippen molar-refractivity contribution in [2.75, 3.05) is 12.3 Å². The van der Waals surface area contributed by atoms with Gasteiger partial charge in [0, 0.05) is 18.3 Å². The molecule has 0 aromatic heterocycles. The quantitative estimate of drug-likeness (QED) is 0.750. The van der Waals surface area contributed by atoms with Crippen LogP contribution >= 0.6 is 11.8 Å². The molecule has 1 rings (SSSR count). The lowest BCUT2D eigenvalue weighted by atomic mass is 9.83. The third-order valence-corrected chi connectivity index (χ3v) is 3.94. The Bertz CT molecular complexity index is 196. The third-order valence-electron chi connectivity index (χ3n) is 3.21. The maximum absolute atomic E-state index is 11.9. The second-order valence-corrected chi connectivity index (χ2v) is 5.47. The van der Waals surface area contributed by atoms with Gasteiger partial charge in [0.05, 0.1) is 0 Å². The summed E-state index contributed by atoms with van der Waals surface area (Å²) in [6, 6.07) is 0.438. The Kier molecular flexibility index (Phi) is 5.97. The van der Waals surface area contributed by atoms with Crippen molar-refractivity contribution in [2.24, 2.45) is 5.92 Å². The van der Waals surface area contributed by atoms with Gasteiger partial charge in [0.15, 0.2) is 0 Å². The van der Waals surface area contributed by atoms with Crippen LogP contribution in [0.15, 0.2) is 0 Å². The molecule has 2 atom stereocenters. The smallest absolute Gasteiger partial charge is 0.313 e. The van der Waals surface area contributed by atoms with E-state index < -0.39 is 5.51 Å². The molecule has 0 spiro atoms. The predicted octanol–water partition coefficient (Wildman–Crippen LogP) is 3.80.